The first kappa shape index (κ1) is 12.4. The zero-order chi connectivity index (χ0) is 10.8. The van der Waals surface area contributed by atoms with E-state index in [-0.39, 0.29) is 10.4 Å². The molecule has 0 spiro atoms. The molecule has 1 rings (SSSR count). The van der Waals surface area contributed by atoms with E-state index >= 15 is 0 Å². The van der Waals surface area contributed by atoms with Crippen LogP contribution in [0.3, 0.4) is 0 Å². The Kier molecular flexibility index (Phi) is 4.32. The van der Waals surface area contributed by atoms with Crippen LogP contribution in [0.1, 0.15) is 12.5 Å². The Morgan fingerprint density at radius 2 is 1.64 bits per heavy atom. The molecule has 0 N–H and O–H groups in total. The lowest BCUT2D eigenvalue weighted by molar-refractivity contribution is 0.646. The Morgan fingerprint density at radius 1 is 1.14 bits per heavy atom. The highest BCUT2D eigenvalue weighted by atomic mass is 35.5. The number of hydrogen-bond donors (Lipinski definition) is 0. The molecular formula is C10H13Cl3Si. The van der Waals surface area contributed by atoms with Crippen LogP contribution in [-0.4, -0.2) is 20.5 Å². The van der Waals surface area contributed by atoms with E-state index in [2.05, 4.69) is 19.1 Å². The Hall–Kier alpha value is 0.307. The summed E-state index contributed by atoms with van der Waals surface area (Å²) in [5, 5.41) is -0.323. The summed E-state index contributed by atoms with van der Waals surface area (Å²) >= 11 is 17.8. The minimum atomic E-state index is -0.528. The molecule has 0 aliphatic rings. The van der Waals surface area contributed by atoms with Crippen molar-refractivity contribution in [1.29, 1.82) is 0 Å². The van der Waals surface area contributed by atoms with Crippen molar-refractivity contribution >= 4 is 45.0 Å². The molecule has 2 unspecified atom stereocenters. The van der Waals surface area contributed by atoms with Crippen molar-refractivity contribution in [1.82, 2.24) is 0 Å². The van der Waals surface area contributed by atoms with Crippen molar-refractivity contribution in [2.75, 3.05) is 0 Å². The van der Waals surface area contributed by atoms with Gasteiger partial charge in [0.05, 0.1) is 5.38 Å². The second-order valence-corrected chi connectivity index (χ2v) is 7.54. The summed E-state index contributed by atoms with van der Waals surface area (Å²) in [6, 6.07) is 10.1. The van der Waals surface area contributed by atoms with E-state index in [4.69, 9.17) is 34.8 Å². The second-order valence-electron chi connectivity index (χ2n) is 3.82. The fraction of sp³-hybridized carbons (Fsp3) is 0.400. The predicted octanol–water partition coefficient (Wildman–Crippen LogP) is 2.68. The first-order valence-electron chi connectivity index (χ1n) is 4.44. The summed E-state index contributed by atoms with van der Waals surface area (Å²) in [5.74, 6) is 0. The molecule has 0 aromatic heterocycles. The smallest absolute Gasteiger partial charge is 0.119 e. The molecular weight excluding hydrogens is 255 g/mol. The number of benzene rings is 1. The van der Waals surface area contributed by atoms with Gasteiger partial charge < -0.3 is 0 Å². The number of hydrogen-bond acceptors (Lipinski definition) is 0. The van der Waals surface area contributed by atoms with E-state index in [1.54, 1.807) is 0 Å². The largest absolute Gasteiger partial charge is 0.124 e. The molecule has 0 heterocycles. The highest BCUT2D eigenvalue weighted by Crippen LogP contribution is 2.33. The molecule has 0 saturated heterocycles. The first-order valence-corrected chi connectivity index (χ1v) is 6.75. The fourth-order valence-corrected chi connectivity index (χ4v) is 3.19. The molecule has 0 nitrogen and oxygen atoms in total. The summed E-state index contributed by atoms with van der Waals surface area (Å²) < 4.78 is 0. The normalized spacial score (nSPS) is 18.1. The number of alkyl halides is 3. The first-order chi connectivity index (χ1) is 6.46. The van der Waals surface area contributed by atoms with Crippen LogP contribution in [0, 0.1) is 0 Å². The molecule has 0 saturated carbocycles. The molecule has 2 atom stereocenters. The van der Waals surface area contributed by atoms with Gasteiger partial charge in [-0.2, -0.15) is 0 Å². The average molecular weight is 268 g/mol. The number of rotatable bonds is 3. The van der Waals surface area contributed by atoms with Gasteiger partial charge >= 0.3 is 0 Å². The maximum absolute atomic E-state index is 6.21. The van der Waals surface area contributed by atoms with Crippen LogP contribution in [0.4, 0.5) is 0 Å². The summed E-state index contributed by atoms with van der Waals surface area (Å²) in [4.78, 5) is -0.528. The van der Waals surface area contributed by atoms with Gasteiger partial charge in [-0.15, -0.1) is 34.8 Å². The van der Waals surface area contributed by atoms with Gasteiger partial charge in [0.15, 0.2) is 0 Å². The molecule has 0 fully saturated rings. The molecule has 4 heteroatoms. The van der Waals surface area contributed by atoms with Crippen molar-refractivity contribution in [3.63, 3.8) is 0 Å². The van der Waals surface area contributed by atoms with Crippen LogP contribution in [0.5, 0.6) is 0 Å². The molecule has 0 aliphatic heterocycles. The van der Waals surface area contributed by atoms with Gasteiger partial charge in [-0.1, -0.05) is 37.3 Å². The van der Waals surface area contributed by atoms with Crippen molar-refractivity contribution < 1.29 is 0 Å². The lowest BCUT2D eigenvalue weighted by Crippen LogP contribution is -2.37. The van der Waals surface area contributed by atoms with Gasteiger partial charge in [-0.25, -0.2) is 0 Å². The molecule has 0 radical (unpaired) electrons. The third-order valence-electron chi connectivity index (χ3n) is 2.43. The predicted molar refractivity (Wildman–Crippen MR) is 68.9 cm³/mol. The van der Waals surface area contributed by atoms with Crippen LogP contribution in [-0.2, 0) is 5.04 Å². The van der Waals surface area contributed by atoms with E-state index in [0.717, 1.165) is 10.2 Å². The van der Waals surface area contributed by atoms with Crippen LogP contribution in [0.25, 0.3) is 0 Å². The maximum Gasteiger partial charge on any atom is 0.124 e. The van der Waals surface area contributed by atoms with E-state index < -0.39 is 4.84 Å². The molecule has 78 valence electrons. The van der Waals surface area contributed by atoms with E-state index in [1.165, 1.54) is 5.56 Å². The van der Waals surface area contributed by atoms with Crippen molar-refractivity contribution in [3.8, 4) is 0 Å². The molecule has 0 bridgehead atoms. The molecule has 0 aliphatic carbocycles. The molecule has 1 aromatic carbocycles. The summed E-state index contributed by atoms with van der Waals surface area (Å²) in [6.45, 7) is 2.10. The van der Waals surface area contributed by atoms with Crippen LogP contribution in [0.2, 0.25) is 0 Å². The van der Waals surface area contributed by atoms with Crippen LogP contribution < -0.4 is 0 Å². The van der Waals surface area contributed by atoms with Crippen molar-refractivity contribution in [2.24, 2.45) is 0 Å². The summed E-state index contributed by atoms with van der Waals surface area (Å²) in [5.41, 5.74) is 1.21. The van der Waals surface area contributed by atoms with Gasteiger partial charge in [-0.05, 0) is 10.6 Å². The topological polar surface area (TPSA) is 0 Å². The van der Waals surface area contributed by atoms with Gasteiger partial charge in [0, 0.05) is 10.2 Å². The SMILES string of the molecule is CC([SiH3])(c1ccccc1)C(Cl)C(Cl)Cl. The standard InChI is InChI=1S/C10H13Cl3Si/c1-10(14,8(11)9(12)13)7-5-3-2-4-6-7/h2-6,8-9H,1,14H3. The van der Waals surface area contributed by atoms with E-state index in [1.807, 2.05) is 18.2 Å². The third kappa shape index (κ3) is 2.66. The molecule has 14 heavy (non-hydrogen) atoms. The highest BCUT2D eigenvalue weighted by Gasteiger charge is 2.33. The Labute approximate surface area is 103 Å². The minimum Gasteiger partial charge on any atom is -0.119 e. The van der Waals surface area contributed by atoms with E-state index in [0.29, 0.717) is 0 Å². The Bertz CT molecular complexity index is 285. The van der Waals surface area contributed by atoms with Crippen molar-refractivity contribution in [3.05, 3.63) is 35.9 Å². The van der Waals surface area contributed by atoms with Gasteiger partial charge in [0.25, 0.3) is 0 Å². The highest BCUT2D eigenvalue weighted by molar-refractivity contribution is 6.49. The Balaban J connectivity index is 2.96. The van der Waals surface area contributed by atoms with Gasteiger partial charge in [-0.3, -0.25) is 0 Å². The summed E-state index contributed by atoms with van der Waals surface area (Å²) in [7, 11) is 0.917. The van der Waals surface area contributed by atoms with Crippen molar-refractivity contribution in [2.45, 2.75) is 22.2 Å². The minimum absolute atomic E-state index is 0.0863. The van der Waals surface area contributed by atoms with Crippen LogP contribution >= 0.6 is 34.8 Å². The molecule has 1 aromatic rings. The monoisotopic (exact) mass is 266 g/mol. The zero-order valence-corrected chi connectivity index (χ0v) is 12.4. The lowest BCUT2D eigenvalue weighted by Gasteiger charge is -2.31. The second kappa shape index (κ2) is 4.89. The Morgan fingerprint density at radius 3 is 2.07 bits per heavy atom. The fourth-order valence-electron chi connectivity index (χ4n) is 1.34. The maximum atomic E-state index is 6.21. The summed E-state index contributed by atoms with van der Waals surface area (Å²) in [6.07, 6.45) is 0. The third-order valence-corrected chi connectivity index (χ3v) is 5.55. The lowest BCUT2D eigenvalue weighted by atomic mass is 9.97. The van der Waals surface area contributed by atoms with Gasteiger partial charge in [0.2, 0.25) is 0 Å². The quantitative estimate of drug-likeness (QED) is 0.583. The number of halogens is 3. The average Bonchev–Trinajstić information content (AvgIpc) is 2.18. The van der Waals surface area contributed by atoms with E-state index in [9.17, 15) is 0 Å². The zero-order valence-electron chi connectivity index (χ0n) is 8.18. The van der Waals surface area contributed by atoms with Gasteiger partial charge in [0.1, 0.15) is 4.84 Å². The molecule has 0 amide bonds. The van der Waals surface area contributed by atoms with Crippen LogP contribution in [0.15, 0.2) is 30.3 Å².